The molecule has 1 fully saturated rings. The second kappa shape index (κ2) is 6.59. The Hall–Kier alpha value is -1.10. The molecule has 0 aromatic heterocycles. The third-order valence-corrected chi connectivity index (χ3v) is 3.37. The normalized spacial score (nSPS) is 18.9. The Morgan fingerprint density at radius 3 is 2.41 bits per heavy atom. The predicted molar refractivity (Wildman–Crippen MR) is 64.3 cm³/mol. The van der Waals surface area contributed by atoms with Gasteiger partial charge in [0, 0.05) is 25.9 Å². The summed E-state index contributed by atoms with van der Waals surface area (Å²) in [7, 11) is 0. The molecule has 17 heavy (non-hydrogen) atoms. The van der Waals surface area contributed by atoms with Crippen molar-refractivity contribution < 1.29 is 14.7 Å². The summed E-state index contributed by atoms with van der Waals surface area (Å²) in [4.78, 5) is 24.8. The van der Waals surface area contributed by atoms with Crippen molar-refractivity contribution in [3.05, 3.63) is 0 Å². The van der Waals surface area contributed by atoms with Crippen LogP contribution in [0.1, 0.15) is 33.1 Å². The number of hydrogen-bond donors (Lipinski definition) is 2. The van der Waals surface area contributed by atoms with Crippen LogP contribution in [0, 0.1) is 5.92 Å². The molecule has 0 aromatic rings. The van der Waals surface area contributed by atoms with Crippen molar-refractivity contribution >= 4 is 11.8 Å². The predicted octanol–water partition coefficient (Wildman–Crippen LogP) is 0.132. The lowest BCUT2D eigenvalue weighted by Crippen LogP contribution is -2.45. The van der Waals surface area contributed by atoms with Crippen LogP contribution in [0.2, 0.25) is 0 Å². The molecule has 0 aromatic carbocycles. The van der Waals surface area contributed by atoms with Crippen LogP contribution >= 0.6 is 0 Å². The Morgan fingerprint density at radius 1 is 1.41 bits per heavy atom. The molecule has 2 N–H and O–H groups in total. The van der Waals surface area contributed by atoms with Gasteiger partial charge in [-0.3, -0.25) is 9.59 Å². The van der Waals surface area contributed by atoms with Gasteiger partial charge in [0.15, 0.2) is 0 Å². The second-order valence-corrected chi connectivity index (χ2v) is 4.58. The maximum absolute atomic E-state index is 11.9. The minimum Gasteiger partial charge on any atom is -0.394 e. The molecule has 5 nitrogen and oxygen atoms in total. The van der Waals surface area contributed by atoms with Gasteiger partial charge in [0.25, 0.3) is 0 Å². The number of nitrogens with one attached hydrogen (secondary N) is 1. The topological polar surface area (TPSA) is 69.6 Å². The highest BCUT2D eigenvalue weighted by Gasteiger charge is 2.26. The van der Waals surface area contributed by atoms with Gasteiger partial charge in [-0.25, -0.2) is 0 Å². The van der Waals surface area contributed by atoms with E-state index in [4.69, 9.17) is 5.11 Å². The number of carbonyl (C=O) groups is 2. The van der Waals surface area contributed by atoms with Gasteiger partial charge in [0.05, 0.1) is 12.6 Å². The Balaban J connectivity index is 2.38. The Labute approximate surface area is 102 Å². The average molecular weight is 242 g/mol. The molecule has 0 aliphatic carbocycles. The lowest BCUT2D eigenvalue weighted by molar-refractivity contribution is -0.134. The van der Waals surface area contributed by atoms with Gasteiger partial charge >= 0.3 is 0 Å². The maximum atomic E-state index is 11.9. The number of aliphatic hydroxyl groups excluding tert-OH is 1. The van der Waals surface area contributed by atoms with Crippen LogP contribution in [0.5, 0.6) is 0 Å². The number of nitrogens with zero attached hydrogens (tertiary/aromatic N) is 1. The van der Waals surface area contributed by atoms with E-state index in [0.29, 0.717) is 25.9 Å². The van der Waals surface area contributed by atoms with E-state index in [1.807, 2.05) is 6.92 Å². The first-order valence-corrected chi connectivity index (χ1v) is 6.25. The molecule has 1 aliphatic rings. The summed E-state index contributed by atoms with van der Waals surface area (Å²) < 4.78 is 0. The van der Waals surface area contributed by atoms with E-state index in [2.05, 4.69) is 5.32 Å². The number of aliphatic hydroxyl groups is 1. The largest absolute Gasteiger partial charge is 0.394 e. The Kier molecular flexibility index (Phi) is 5.41. The van der Waals surface area contributed by atoms with Crippen molar-refractivity contribution in [2.45, 2.75) is 39.2 Å². The number of carbonyl (C=O) groups excluding carboxylic acids is 2. The van der Waals surface area contributed by atoms with Crippen molar-refractivity contribution in [2.75, 3.05) is 19.7 Å². The second-order valence-electron chi connectivity index (χ2n) is 4.58. The third kappa shape index (κ3) is 4.00. The number of amides is 2. The zero-order valence-corrected chi connectivity index (χ0v) is 10.6. The molecule has 0 radical (unpaired) electrons. The summed E-state index contributed by atoms with van der Waals surface area (Å²) in [5.74, 6) is 0.0611. The van der Waals surface area contributed by atoms with Crippen LogP contribution in [-0.2, 0) is 9.59 Å². The fraction of sp³-hybridized carbons (Fsp3) is 0.833. The number of likely N-dealkylation sites (tertiary alicyclic amines) is 1. The van der Waals surface area contributed by atoms with Crippen LogP contribution < -0.4 is 5.32 Å². The Bertz CT molecular complexity index is 269. The van der Waals surface area contributed by atoms with Crippen molar-refractivity contribution in [1.29, 1.82) is 0 Å². The summed E-state index contributed by atoms with van der Waals surface area (Å²) in [6.45, 7) is 4.78. The molecule has 1 aliphatic heterocycles. The van der Waals surface area contributed by atoms with E-state index in [9.17, 15) is 9.59 Å². The van der Waals surface area contributed by atoms with Gasteiger partial charge < -0.3 is 15.3 Å². The molecule has 1 saturated heterocycles. The highest BCUT2D eigenvalue weighted by atomic mass is 16.3. The first kappa shape index (κ1) is 14.0. The highest BCUT2D eigenvalue weighted by molar-refractivity contribution is 5.79. The first-order chi connectivity index (χ1) is 8.08. The molecule has 5 heteroatoms. The Morgan fingerprint density at radius 2 is 2.00 bits per heavy atom. The van der Waals surface area contributed by atoms with Crippen molar-refractivity contribution in [3.8, 4) is 0 Å². The zero-order chi connectivity index (χ0) is 12.8. The number of piperidine rings is 1. The van der Waals surface area contributed by atoms with Crippen molar-refractivity contribution in [3.63, 3.8) is 0 Å². The van der Waals surface area contributed by atoms with E-state index in [1.54, 1.807) is 11.8 Å². The monoisotopic (exact) mass is 242 g/mol. The molecule has 1 atom stereocenters. The SMILES string of the molecule is CC[C@@H](CO)NC(=O)C1CCN(C(C)=O)CC1. The standard InChI is InChI=1S/C12H22N2O3/c1-3-11(8-15)13-12(17)10-4-6-14(7-5-10)9(2)16/h10-11,15H,3-8H2,1-2H3,(H,13,17)/t11-/m0/s1. The van der Waals surface area contributed by atoms with Gasteiger partial charge in [0.2, 0.25) is 11.8 Å². The summed E-state index contributed by atoms with van der Waals surface area (Å²) in [5, 5.41) is 11.9. The van der Waals surface area contributed by atoms with Crippen LogP contribution in [0.15, 0.2) is 0 Å². The number of hydrogen-bond acceptors (Lipinski definition) is 3. The van der Waals surface area contributed by atoms with Crippen LogP contribution in [0.4, 0.5) is 0 Å². The van der Waals surface area contributed by atoms with E-state index in [1.165, 1.54) is 0 Å². The van der Waals surface area contributed by atoms with Gasteiger partial charge in [-0.2, -0.15) is 0 Å². The fourth-order valence-electron chi connectivity index (χ4n) is 2.05. The molecular weight excluding hydrogens is 220 g/mol. The third-order valence-electron chi connectivity index (χ3n) is 3.37. The number of rotatable bonds is 4. The molecule has 98 valence electrons. The minimum atomic E-state index is -0.145. The van der Waals surface area contributed by atoms with Crippen LogP contribution in [0.3, 0.4) is 0 Å². The van der Waals surface area contributed by atoms with Gasteiger partial charge in [0.1, 0.15) is 0 Å². The van der Waals surface area contributed by atoms with Gasteiger partial charge in [-0.05, 0) is 19.3 Å². The lowest BCUT2D eigenvalue weighted by atomic mass is 9.95. The van der Waals surface area contributed by atoms with E-state index in [-0.39, 0.29) is 30.4 Å². The van der Waals surface area contributed by atoms with E-state index in [0.717, 1.165) is 6.42 Å². The van der Waals surface area contributed by atoms with E-state index < -0.39 is 0 Å². The molecule has 1 rings (SSSR count). The first-order valence-electron chi connectivity index (χ1n) is 6.25. The zero-order valence-electron chi connectivity index (χ0n) is 10.6. The summed E-state index contributed by atoms with van der Waals surface area (Å²) in [6, 6.07) is -0.145. The quantitative estimate of drug-likeness (QED) is 0.736. The van der Waals surface area contributed by atoms with Crippen molar-refractivity contribution in [1.82, 2.24) is 10.2 Å². The summed E-state index contributed by atoms with van der Waals surface area (Å²) in [6.07, 6.45) is 2.16. The fourth-order valence-corrected chi connectivity index (χ4v) is 2.05. The van der Waals surface area contributed by atoms with Gasteiger partial charge in [-0.1, -0.05) is 6.92 Å². The molecule has 0 bridgehead atoms. The average Bonchev–Trinajstić information content (AvgIpc) is 2.35. The van der Waals surface area contributed by atoms with E-state index >= 15 is 0 Å². The van der Waals surface area contributed by atoms with Crippen LogP contribution in [-0.4, -0.2) is 47.6 Å². The minimum absolute atomic E-state index is 0.00843. The lowest BCUT2D eigenvalue weighted by Gasteiger charge is -2.31. The molecule has 0 spiro atoms. The van der Waals surface area contributed by atoms with Crippen molar-refractivity contribution in [2.24, 2.45) is 5.92 Å². The summed E-state index contributed by atoms with van der Waals surface area (Å²) >= 11 is 0. The highest BCUT2D eigenvalue weighted by Crippen LogP contribution is 2.17. The molecule has 2 amide bonds. The molecular formula is C12H22N2O3. The summed E-state index contributed by atoms with van der Waals surface area (Å²) in [5.41, 5.74) is 0. The molecule has 1 heterocycles. The van der Waals surface area contributed by atoms with Gasteiger partial charge in [-0.15, -0.1) is 0 Å². The van der Waals surface area contributed by atoms with Crippen LogP contribution in [0.25, 0.3) is 0 Å². The smallest absolute Gasteiger partial charge is 0.223 e. The maximum Gasteiger partial charge on any atom is 0.223 e. The molecule has 0 saturated carbocycles. The molecule has 0 unspecified atom stereocenters.